The van der Waals surface area contributed by atoms with E-state index in [2.05, 4.69) is 143 Å². The Hall–Kier alpha value is -9.15. The fourth-order valence-electron chi connectivity index (χ4n) is 4.39. The van der Waals surface area contributed by atoms with E-state index in [1.807, 2.05) is 264 Å². The summed E-state index contributed by atoms with van der Waals surface area (Å²) in [5.74, 6) is 2.80. The van der Waals surface area contributed by atoms with E-state index in [4.69, 9.17) is 0 Å². The maximum Gasteiger partial charge on any atom is 0.170 e. The quantitative estimate of drug-likeness (QED) is 0.127. The molecular formula is C79H152N23+. The van der Waals surface area contributed by atoms with E-state index in [1.54, 1.807) is 94.3 Å². The Morgan fingerprint density at radius 3 is 0.784 bits per heavy atom. The van der Waals surface area contributed by atoms with Gasteiger partial charge in [-0.05, 0) is 123 Å². The van der Waals surface area contributed by atoms with Crippen molar-refractivity contribution in [3.8, 4) is 0 Å². The van der Waals surface area contributed by atoms with E-state index in [1.165, 1.54) is 80.5 Å². The molecule has 0 aliphatic carbocycles. The van der Waals surface area contributed by atoms with E-state index in [0.717, 1.165) is 36.0 Å². The molecule has 11 heterocycles. The minimum atomic E-state index is 0.607. The first-order chi connectivity index (χ1) is 49.9. The van der Waals surface area contributed by atoms with E-state index < -0.39 is 0 Å². The highest BCUT2D eigenvalue weighted by atomic mass is 15.3. The van der Waals surface area contributed by atoms with Crippen molar-refractivity contribution in [3.63, 3.8) is 0 Å². The van der Waals surface area contributed by atoms with Gasteiger partial charge in [0.1, 0.15) is 50.3 Å². The third-order valence-corrected chi connectivity index (χ3v) is 8.08. The molecule has 0 amide bonds. The van der Waals surface area contributed by atoms with E-state index in [-0.39, 0.29) is 0 Å². The van der Waals surface area contributed by atoms with Crippen LogP contribution in [-0.2, 0) is 7.05 Å². The average Bonchev–Trinajstić information content (AvgIpc) is 1.40. The summed E-state index contributed by atoms with van der Waals surface area (Å²) >= 11 is 0. The zero-order valence-electron chi connectivity index (χ0n) is 72.0. The minimum Gasteiger partial charge on any atom is -0.294 e. The van der Waals surface area contributed by atoms with Gasteiger partial charge >= 0.3 is 0 Å². The lowest BCUT2D eigenvalue weighted by Crippen LogP contribution is -2.25. The van der Waals surface area contributed by atoms with Crippen molar-refractivity contribution in [1.29, 1.82) is 0 Å². The van der Waals surface area contributed by atoms with Crippen LogP contribution >= 0.6 is 0 Å². The van der Waals surface area contributed by atoms with Crippen LogP contribution in [0.2, 0.25) is 0 Å². The number of aryl methyl sites for hydroxylation is 8. The highest BCUT2D eigenvalue weighted by Gasteiger charge is 1.97. The first kappa shape index (κ1) is 126. The first-order valence-corrected chi connectivity index (χ1v) is 37.1. The second-order valence-electron chi connectivity index (χ2n) is 14.8. The third-order valence-electron chi connectivity index (χ3n) is 8.08. The van der Waals surface area contributed by atoms with Crippen LogP contribution in [0.4, 0.5) is 0 Å². The van der Waals surface area contributed by atoms with Gasteiger partial charge in [0.05, 0.1) is 6.20 Å². The summed E-state index contributed by atoms with van der Waals surface area (Å²) in [6.07, 6.45) is 38.2. The first-order valence-electron chi connectivity index (χ1n) is 37.1. The van der Waals surface area contributed by atoms with Crippen molar-refractivity contribution >= 4 is 11.4 Å². The third kappa shape index (κ3) is 131. The second-order valence-corrected chi connectivity index (χ2v) is 14.8. The topological polar surface area (TPSA) is 286 Å². The lowest BCUT2D eigenvalue weighted by atomic mass is 10.3. The van der Waals surface area contributed by atoms with Gasteiger partial charge < -0.3 is 0 Å². The van der Waals surface area contributed by atoms with E-state index in [0.29, 0.717) is 11.6 Å². The van der Waals surface area contributed by atoms with Gasteiger partial charge in [0.2, 0.25) is 0 Å². The summed E-state index contributed by atoms with van der Waals surface area (Å²) in [6.45, 7) is 75.5. The molecule has 11 rings (SSSR count). The molecule has 0 aromatic carbocycles. The number of aromatic nitrogens is 21. The van der Waals surface area contributed by atoms with Crippen molar-refractivity contribution in [3.05, 3.63) is 201 Å². The molecule has 2 aliphatic rings. The van der Waals surface area contributed by atoms with Gasteiger partial charge in [0.25, 0.3) is 0 Å². The Morgan fingerprint density at radius 1 is 0.275 bits per heavy atom. The lowest BCUT2D eigenvalue weighted by Gasteiger charge is -1.85. The van der Waals surface area contributed by atoms with E-state index >= 15 is 0 Å². The number of rotatable bonds is 0. The molecule has 9 aromatic rings. The number of hydrogen-bond donors (Lipinski definition) is 0. The van der Waals surface area contributed by atoms with Gasteiger partial charge in [0.15, 0.2) is 24.0 Å². The lowest BCUT2D eigenvalue weighted by molar-refractivity contribution is -0.671. The SMILES string of the molecule is CC.CC.CC.CC.CC.CC.CC.CC.CC.CC.CC.CC.CC.CC.CC1=NCCC1.CC1=NCCC1.Cc1cc[n+](C)cc1.Cc1ccncn1.Cc1cncnc1.Cc1ncccn1.Cc1ncncn1.Cc1nnc(C)nn1.c1ccnnc1.c1cnccn1.c1cnncn1. The predicted molar refractivity (Wildman–Crippen MR) is 442 cm³/mol. The zero-order valence-corrected chi connectivity index (χ0v) is 72.0. The highest BCUT2D eigenvalue weighted by Crippen LogP contribution is 2.01. The van der Waals surface area contributed by atoms with Crippen molar-refractivity contribution in [1.82, 2.24) is 101 Å². The van der Waals surface area contributed by atoms with Crippen LogP contribution in [0.15, 0.2) is 171 Å². The van der Waals surface area contributed by atoms with Gasteiger partial charge in [-0.1, -0.05) is 194 Å². The van der Waals surface area contributed by atoms with Gasteiger partial charge in [-0.3, -0.25) is 20.0 Å². The molecule has 23 nitrogen and oxygen atoms in total. The fourth-order valence-corrected chi connectivity index (χ4v) is 4.39. The normalized spacial score (nSPS) is 8.57. The van der Waals surface area contributed by atoms with Crippen LogP contribution in [-0.4, -0.2) is 125 Å². The van der Waals surface area contributed by atoms with Crippen LogP contribution in [0.1, 0.15) is 274 Å². The van der Waals surface area contributed by atoms with Crippen molar-refractivity contribution < 1.29 is 4.57 Å². The Bertz CT molecular complexity index is 2230. The summed E-state index contributed by atoms with van der Waals surface area (Å²) < 4.78 is 2.02. The average molecular weight is 1420 g/mol. The Labute approximate surface area is 626 Å². The number of pyridine rings is 1. The van der Waals surface area contributed by atoms with Gasteiger partial charge in [0, 0.05) is 117 Å². The van der Waals surface area contributed by atoms with Crippen molar-refractivity contribution in [2.75, 3.05) is 13.1 Å². The maximum atomic E-state index is 4.15. The molecule has 2 aliphatic heterocycles. The molecule has 582 valence electrons. The summed E-state index contributed by atoms with van der Waals surface area (Å²) in [5.41, 5.74) is 6.07. The highest BCUT2D eigenvalue weighted by molar-refractivity contribution is 5.83. The van der Waals surface area contributed by atoms with Gasteiger partial charge in [-0.25, -0.2) is 54.4 Å². The fraction of sp³-hybridized carbons (Fsp3) is 0.557. The molecule has 23 heteroatoms. The van der Waals surface area contributed by atoms with Crippen LogP contribution in [0.3, 0.4) is 0 Å². The number of nitrogens with zero attached hydrogens (tertiary/aromatic N) is 23. The van der Waals surface area contributed by atoms with Crippen LogP contribution in [0, 0.1) is 48.5 Å². The van der Waals surface area contributed by atoms with Crippen molar-refractivity contribution in [2.24, 2.45) is 17.0 Å². The Morgan fingerprint density at radius 2 is 0.618 bits per heavy atom. The molecular weight excluding hydrogens is 1270 g/mol. The van der Waals surface area contributed by atoms with Gasteiger partial charge in [-0.2, -0.15) is 15.3 Å². The monoisotopic (exact) mass is 1420 g/mol. The summed E-state index contributed by atoms with van der Waals surface area (Å²) in [5, 5.41) is 28.6. The molecule has 0 fully saturated rings. The predicted octanol–water partition coefficient (Wildman–Crippen LogP) is 20.9. The molecule has 0 radical (unpaired) electrons. The standard InChI is InChI=1S/C7H10N.3C5H6N2.2C5H9N.C4H6N4.C4H5N3.2C4H4N2.C3H3N3.14C2H6/c1-7-3-5-8(2)6-4-7;1-5-2-6-4-7-3-5;1-5-2-3-6-4-7-5;1-5-6-3-2-4-7-5;2*1-5-3-2-4-6-5;1-3-5-7-4(2)8-6-3;1-4-6-2-5-3-7-4;1-2-6-4-3-5-1;1-2-4-6-5-3-1;1-2-5-6-3-4-1;14*1-2/h3-6H,1-2H3;3*2-4H,1H3;2*2-4H2,1H3;1-2H3;2-3H,1H3;2*1-4H;1-3H;14*1-2H3/q+1;;;;;;;;;;;;;;;;;;;;;;;;. The van der Waals surface area contributed by atoms with Crippen LogP contribution in [0.5, 0.6) is 0 Å². The molecule has 0 atom stereocenters. The summed E-state index contributed by atoms with van der Waals surface area (Å²) in [7, 11) is 2.01. The van der Waals surface area contributed by atoms with Crippen LogP contribution < -0.4 is 4.57 Å². The molecule has 0 bridgehead atoms. The number of hydrogen-bond acceptors (Lipinski definition) is 22. The van der Waals surface area contributed by atoms with Gasteiger partial charge in [-0.15, -0.1) is 25.5 Å². The summed E-state index contributed by atoms with van der Waals surface area (Å²) in [6, 6.07) is 11.5. The molecule has 0 spiro atoms. The number of aliphatic imine (C=N–C) groups is 2. The van der Waals surface area contributed by atoms with Crippen LogP contribution in [0.25, 0.3) is 0 Å². The smallest absolute Gasteiger partial charge is 0.170 e. The molecule has 0 saturated carbocycles. The van der Waals surface area contributed by atoms with Crippen molar-refractivity contribution in [2.45, 2.75) is 282 Å². The Kier molecular flexibility index (Phi) is 167. The molecule has 102 heavy (non-hydrogen) atoms. The molecule has 0 unspecified atom stereocenters. The Balaban J connectivity index is -0.0000000673. The zero-order chi connectivity index (χ0) is 82.0. The van der Waals surface area contributed by atoms with E-state index in [9.17, 15) is 0 Å². The molecule has 0 N–H and O–H groups in total. The maximum absolute atomic E-state index is 4.15. The minimum absolute atomic E-state index is 0.607. The molecule has 9 aromatic heterocycles. The molecule has 0 saturated heterocycles. The summed E-state index contributed by atoms with van der Waals surface area (Å²) in [4.78, 5) is 53.4. The largest absolute Gasteiger partial charge is 0.294 e. The second kappa shape index (κ2) is 135.